The molecular formula is C19H20BrNO2. The highest BCUT2D eigenvalue weighted by Crippen LogP contribution is 2.30. The molecule has 2 aromatic carbocycles. The molecule has 0 saturated heterocycles. The van der Waals surface area contributed by atoms with Gasteiger partial charge in [0.15, 0.2) is 5.78 Å². The zero-order valence-electron chi connectivity index (χ0n) is 13.7. The van der Waals surface area contributed by atoms with Crippen LogP contribution in [0.2, 0.25) is 0 Å². The number of carbonyl (C=O) groups is 2. The quantitative estimate of drug-likeness (QED) is 0.751. The van der Waals surface area contributed by atoms with Crippen molar-refractivity contribution < 1.29 is 9.59 Å². The normalized spacial score (nSPS) is 11.2. The molecule has 2 aromatic rings. The fraction of sp³-hybridized carbons (Fsp3) is 0.263. The van der Waals surface area contributed by atoms with Crippen molar-refractivity contribution in [2.75, 3.05) is 5.32 Å². The lowest BCUT2D eigenvalue weighted by molar-refractivity contribution is 0.101. The highest BCUT2D eigenvalue weighted by atomic mass is 79.9. The van der Waals surface area contributed by atoms with Gasteiger partial charge in [0, 0.05) is 21.3 Å². The van der Waals surface area contributed by atoms with Gasteiger partial charge in [-0.25, -0.2) is 0 Å². The summed E-state index contributed by atoms with van der Waals surface area (Å²) in [6, 6.07) is 12.5. The molecule has 4 heteroatoms. The molecule has 0 heterocycles. The predicted molar refractivity (Wildman–Crippen MR) is 97.2 cm³/mol. The Bertz CT molecular complexity index is 743. The van der Waals surface area contributed by atoms with Gasteiger partial charge in [-0.2, -0.15) is 0 Å². The molecular weight excluding hydrogens is 354 g/mol. The standard InChI is InChI=1S/C19H20BrNO2/c1-12(22)13-5-8-15(9-6-13)21-18(23)14-7-10-16(17(20)11-14)19(2,3)4/h5-11H,1-4H3,(H,21,23). The summed E-state index contributed by atoms with van der Waals surface area (Å²) in [7, 11) is 0. The Kier molecular flexibility index (Phi) is 5.05. The van der Waals surface area contributed by atoms with E-state index in [9.17, 15) is 9.59 Å². The van der Waals surface area contributed by atoms with Gasteiger partial charge in [0.05, 0.1) is 0 Å². The summed E-state index contributed by atoms with van der Waals surface area (Å²) in [5.41, 5.74) is 3.03. The van der Waals surface area contributed by atoms with E-state index in [0.29, 0.717) is 16.8 Å². The second kappa shape index (κ2) is 6.67. The molecule has 0 saturated carbocycles. The van der Waals surface area contributed by atoms with Crippen molar-refractivity contribution in [3.8, 4) is 0 Å². The first-order valence-electron chi connectivity index (χ1n) is 7.41. The highest BCUT2D eigenvalue weighted by molar-refractivity contribution is 9.10. The predicted octanol–water partition coefficient (Wildman–Crippen LogP) is 5.20. The summed E-state index contributed by atoms with van der Waals surface area (Å²) in [5.74, 6) is -0.175. The van der Waals surface area contributed by atoms with Crippen LogP contribution >= 0.6 is 15.9 Å². The molecule has 1 amide bonds. The van der Waals surface area contributed by atoms with Gasteiger partial charge in [-0.05, 0) is 54.3 Å². The van der Waals surface area contributed by atoms with E-state index >= 15 is 0 Å². The molecule has 0 atom stereocenters. The minimum Gasteiger partial charge on any atom is -0.322 e. The van der Waals surface area contributed by atoms with E-state index < -0.39 is 0 Å². The molecule has 3 nitrogen and oxygen atoms in total. The Morgan fingerprint density at radius 1 is 0.957 bits per heavy atom. The lowest BCUT2D eigenvalue weighted by Crippen LogP contribution is -2.15. The number of hydrogen-bond acceptors (Lipinski definition) is 2. The van der Waals surface area contributed by atoms with Crippen LogP contribution in [0, 0.1) is 0 Å². The maximum atomic E-state index is 12.3. The average Bonchev–Trinajstić information content (AvgIpc) is 2.46. The number of ketones is 1. The number of anilines is 1. The third-order valence-corrected chi connectivity index (χ3v) is 4.24. The molecule has 0 unspecified atom stereocenters. The smallest absolute Gasteiger partial charge is 0.255 e. The number of carbonyl (C=O) groups excluding carboxylic acids is 2. The maximum Gasteiger partial charge on any atom is 0.255 e. The largest absolute Gasteiger partial charge is 0.322 e. The van der Waals surface area contributed by atoms with Gasteiger partial charge in [-0.1, -0.05) is 42.8 Å². The van der Waals surface area contributed by atoms with Crippen LogP contribution in [0.15, 0.2) is 46.9 Å². The van der Waals surface area contributed by atoms with E-state index in [-0.39, 0.29) is 17.1 Å². The fourth-order valence-corrected chi connectivity index (χ4v) is 3.23. The first-order chi connectivity index (χ1) is 10.7. The number of benzene rings is 2. The molecule has 120 valence electrons. The summed E-state index contributed by atoms with van der Waals surface area (Å²) in [6.45, 7) is 7.90. The second-order valence-electron chi connectivity index (χ2n) is 6.53. The molecule has 2 rings (SSSR count). The minimum absolute atomic E-state index is 0.00424. The lowest BCUT2D eigenvalue weighted by Gasteiger charge is -2.21. The van der Waals surface area contributed by atoms with E-state index in [1.807, 2.05) is 18.2 Å². The van der Waals surface area contributed by atoms with Gasteiger partial charge in [-0.3, -0.25) is 9.59 Å². The topological polar surface area (TPSA) is 46.2 Å². The summed E-state index contributed by atoms with van der Waals surface area (Å²) in [4.78, 5) is 23.6. The Hall–Kier alpha value is -1.94. The fourth-order valence-electron chi connectivity index (χ4n) is 2.26. The number of halogens is 1. The van der Waals surface area contributed by atoms with E-state index in [1.165, 1.54) is 6.92 Å². The Morgan fingerprint density at radius 2 is 1.52 bits per heavy atom. The zero-order valence-corrected chi connectivity index (χ0v) is 15.3. The first-order valence-corrected chi connectivity index (χ1v) is 8.20. The molecule has 0 aromatic heterocycles. The van der Waals surface area contributed by atoms with Gasteiger partial charge >= 0.3 is 0 Å². The summed E-state index contributed by atoms with van der Waals surface area (Å²) >= 11 is 3.54. The third-order valence-electron chi connectivity index (χ3n) is 3.59. The molecule has 0 aliphatic rings. The van der Waals surface area contributed by atoms with Crippen molar-refractivity contribution in [3.63, 3.8) is 0 Å². The molecule has 0 aliphatic heterocycles. The van der Waals surface area contributed by atoms with Crippen LogP contribution in [0.25, 0.3) is 0 Å². The third kappa shape index (κ3) is 4.29. The Balaban J connectivity index is 2.18. The van der Waals surface area contributed by atoms with Gasteiger partial charge in [-0.15, -0.1) is 0 Å². The van der Waals surface area contributed by atoms with Gasteiger partial charge in [0.25, 0.3) is 5.91 Å². The molecule has 0 radical (unpaired) electrons. The van der Waals surface area contributed by atoms with E-state index in [0.717, 1.165) is 10.0 Å². The number of rotatable bonds is 3. The second-order valence-corrected chi connectivity index (χ2v) is 7.39. The maximum absolute atomic E-state index is 12.3. The number of nitrogens with one attached hydrogen (secondary N) is 1. The Labute approximate surface area is 145 Å². The zero-order chi connectivity index (χ0) is 17.2. The van der Waals surface area contributed by atoms with Crippen LogP contribution in [0.5, 0.6) is 0 Å². The lowest BCUT2D eigenvalue weighted by atomic mass is 9.86. The van der Waals surface area contributed by atoms with Crippen molar-refractivity contribution in [3.05, 3.63) is 63.6 Å². The molecule has 23 heavy (non-hydrogen) atoms. The molecule has 0 aliphatic carbocycles. The van der Waals surface area contributed by atoms with Crippen LogP contribution in [0.3, 0.4) is 0 Å². The van der Waals surface area contributed by atoms with Crippen LogP contribution in [-0.2, 0) is 5.41 Å². The Morgan fingerprint density at radius 3 is 2.00 bits per heavy atom. The summed E-state index contributed by atoms with van der Waals surface area (Å²) < 4.78 is 0.921. The van der Waals surface area contributed by atoms with Crippen LogP contribution < -0.4 is 5.32 Å². The highest BCUT2D eigenvalue weighted by Gasteiger charge is 2.18. The molecule has 0 fully saturated rings. The summed E-state index contributed by atoms with van der Waals surface area (Å²) in [5, 5.41) is 2.84. The van der Waals surface area contributed by atoms with Crippen LogP contribution in [-0.4, -0.2) is 11.7 Å². The number of Topliss-reactive ketones (excluding diaryl/α,β-unsaturated/α-hetero) is 1. The first kappa shape index (κ1) is 17.4. The molecule has 0 bridgehead atoms. The van der Waals surface area contributed by atoms with Crippen molar-refractivity contribution in [2.24, 2.45) is 0 Å². The van der Waals surface area contributed by atoms with Crippen molar-refractivity contribution in [1.29, 1.82) is 0 Å². The van der Waals surface area contributed by atoms with Gasteiger partial charge in [0.2, 0.25) is 0 Å². The van der Waals surface area contributed by atoms with Gasteiger partial charge in [0.1, 0.15) is 0 Å². The number of hydrogen-bond donors (Lipinski definition) is 1. The van der Waals surface area contributed by atoms with Crippen LogP contribution in [0.4, 0.5) is 5.69 Å². The number of amides is 1. The average molecular weight is 374 g/mol. The van der Waals surface area contributed by atoms with Crippen molar-refractivity contribution >= 4 is 33.3 Å². The molecule has 0 spiro atoms. The monoisotopic (exact) mass is 373 g/mol. The molecule has 1 N–H and O–H groups in total. The van der Waals surface area contributed by atoms with Crippen molar-refractivity contribution in [1.82, 2.24) is 0 Å². The van der Waals surface area contributed by atoms with E-state index in [4.69, 9.17) is 0 Å². The minimum atomic E-state index is -0.179. The summed E-state index contributed by atoms with van der Waals surface area (Å²) in [6.07, 6.45) is 0. The SMILES string of the molecule is CC(=O)c1ccc(NC(=O)c2ccc(C(C)(C)C)c(Br)c2)cc1. The van der Waals surface area contributed by atoms with Crippen molar-refractivity contribution in [2.45, 2.75) is 33.1 Å². The van der Waals surface area contributed by atoms with Crippen LogP contribution in [0.1, 0.15) is 54.0 Å². The van der Waals surface area contributed by atoms with E-state index in [2.05, 4.69) is 42.0 Å². The van der Waals surface area contributed by atoms with E-state index in [1.54, 1.807) is 24.3 Å². The van der Waals surface area contributed by atoms with Gasteiger partial charge < -0.3 is 5.32 Å².